The molecule has 2 N–H and O–H groups in total. The maximum Gasteiger partial charge on any atom is 0.243 e. The summed E-state index contributed by atoms with van der Waals surface area (Å²) in [7, 11) is -3.47. The van der Waals surface area contributed by atoms with E-state index in [1.807, 2.05) is 13.8 Å². The molecule has 0 aliphatic carbocycles. The molecule has 0 aliphatic rings. The molecular weight excluding hydrogens is 268 g/mol. The van der Waals surface area contributed by atoms with Gasteiger partial charge in [-0.2, -0.15) is 4.31 Å². The molecule has 0 atom stereocenters. The van der Waals surface area contributed by atoms with Gasteiger partial charge in [0.05, 0.1) is 4.90 Å². The van der Waals surface area contributed by atoms with E-state index in [1.165, 1.54) is 4.31 Å². The summed E-state index contributed by atoms with van der Waals surface area (Å²) in [6, 6.07) is 5.01. The predicted molar refractivity (Wildman–Crippen MR) is 77.2 cm³/mol. The number of rotatable bonds is 5. The molecule has 0 saturated heterocycles. The van der Waals surface area contributed by atoms with Gasteiger partial charge in [-0.15, -0.1) is 0 Å². The summed E-state index contributed by atoms with van der Waals surface area (Å²) in [6.07, 6.45) is 0. The summed E-state index contributed by atoms with van der Waals surface area (Å²) >= 11 is 4.88. The van der Waals surface area contributed by atoms with Crippen molar-refractivity contribution >= 4 is 27.2 Å². The third-order valence-corrected chi connectivity index (χ3v) is 5.22. The molecule has 0 spiro atoms. The number of benzene rings is 1. The van der Waals surface area contributed by atoms with Crippen LogP contribution in [0.1, 0.15) is 25.0 Å². The monoisotopic (exact) mass is 286 g/mol. The fourth-order valence-electron chi connectivity index (χ4n) is 1.73. The Bertz CT molecular complexity index is 549. The fourth-order valence-corrected chi connectivity index (χ4v) is 3.57. The van der Waals surface area contributed by atoms with Gasteiger partial charge in [0.1, 0.15) is 4.99 Å². The molecule has 0 amide bonds. The van der Waals surface area contributed by atoms with Crippen molar-refractivity contribution in [3.63, 3.8) is 0 Å². The minimum absolute atomic E-state index is 0.200. The van der Waals surface area contributed by atoms with E-state index in [9.17, 15) is 8.42 Å². The third-order valence-electron chi connectivity index (χ3n) is 2.80. The topological polar surface area (TPSA) is 63.4 Å². The van der Waals surface area contributed by atoms with Crippen molar-refractivity contribution in [3.05, 3.63) is 29.3 Å². The van der Waals surface area contributed by atoms with Gasteiger partial charge in [0.15, 0.2) is 0 Å². The molecule has 0 aromatic heterocycles. The average molecular weight is 286 g/mol. The molecule has 0 saturated carbocycles. The third kappa shape index (κ3) is 2.88. The molecule has 100 valence electrons. The second kappa shape index (κ2) is 5.77. The van der Waals surface area contributed by atoms with E-state index in [2.05, 4.69) is 0 Å². The van der Waals surface area contributed by atoms with Gasteiger partial charge in [-0.05, 0) is 18.6 Å². The largest absolute Gasteiger partial charge is 0.389 e. The van der Waals surface area contributed by atoms with Crippen LogP contribution in [0.2, 0.25) is 0 Å². The van der Waals surface area contributed by atoms with E-state index in [1.54, 1.807) is 25.1 Å². The van der Waals surface area contributed by atoms with Gasteiger partial charge in [-0.1, -0.05) is 38.2 Å². The number of thiocarbonyl (C=S) groups is 1. The van der Waals surface area contributed by atoms with Crippen LogP contribution in [0.3, 0.4) is 0 Å². The molecule has 18 heavy (non-hydrogen) atoms. The van der Waals surface area contributed by atoms with Crippen molar-refractivity contribution in [2.45, 2.75) is 25.7 Å². The molecule has 0 heterocycles. The van der Waals surface area contributed by atoms with E-state index in [4.69, 9.17) is 18.0 Å². The number of aryl methyl sites for hydroxylation is 1. The first kappa shape index (κ1) is 15.1. The summed E-state index contributed by atoms with van der Waals surface area (Å²) in [5.74, 6) is 0. The molecule has 0 radical (unpaired) electrons. The van der Waals surface area contributed by atoms with Crippen molar-refractivity contribution in [3.8, 4) is 0 Å². The summed E-state index contributed by atoms with van der Waals surface area (Å²) in [6.45, 7) is 6.27. The SMILES string of the molecule is CCN(CC)S(=O)(=O)c1cc(C(N)=S)ccc1C. The lowest BCUT2D eigenvalue weighted by atomic mass is 10.1. The Balaban J connectivity index is 3.40. The van der Waals surface area contributed by atoms with Crippen LogP contribution in [0.15, 0.2) is 23.1 Å². The first-order valence-corrected chi connectivity index (χ1v) is 7.60. The molecule has 1 aromatic rings. The van der Waals surface area contributed by atoms with E-state index in [0.29, 0.717) is 24.2 Å². The number of hydrogen-bond donors (Lipinski definition) is 1. The van der Waals surface area contributed by atoms with Gasteiger partial charge in [-0.3, -0.25) is 0 Å². The Morgan fingerprint density at radius 2 is 1.89 bits per heavy atom. The standard InChI is InChI=1S/C12H18N2O2S2/c1-4-14(5-2)18(15,16)11-8-10(12(13)17)7-6-9(11)3/h6-8H,4-5H2,1-3H3,(H2,13,17). The van der Waals surface area contributed by atoms with E-state index in [0.717, 1.165) is 0 Å². The predicted octanol–water partition coefficient (Wildman–Crippen LogP) is 1.66. The van der Waals surface area contributed by atoms with Gasteiger partial charge in [0.2, 0.25) is 10.0 Å². The Hall–Kier alpha value is -0.980. The number of sulfonamides is 1. The van der Waals surface area contributed by atoms with Crippen LogP contribution in [0, 0.1) is 6.92 Å². The van der Waals surface area contributed by atoms with Crippen molar-refractivity contribution in [2.75, 3.05) is 13.1 Å². The van der Waals surface area contributed by atoms with Crippen molar-refractivity contribution in [1.29, 1.82) is 0 Å². The summed E-state index contributed by atoms with van der Waals surface area (Å²) in [4.78, 5) is 0.475. The summed E-state index contributed by atoms with van der Waals surface area (Å²) in [5, 5.41) is 0. The maximum atomic E-state index is 12.4. The first-order chi connectivity index (χ1) is 8.34. The molecule has 1 rings (SSSR count). The van der Waals surface area contributed by atoms with Crippen LogP contribution in [0.25, 0.3) is 0 Å². The minimum atomic E-state index is -3.47. The molecule has 1 aromatic carbocycles. The first-order valence-electron chi connectivity index (χ1n) is 5.75. The van der Waals surface area contributed by atoms with Crippen LogP contribution < -0.4 is 5.73 Å². The lowest BCUT2D eigenvalue weighted by Gasteiger charge is -2.20. The Morgan fingerprint density at radius 3 is 2.33 bits per heavy atom. The highest BCUT2D eigenvalue weighted by molar-refractivity contribution is 7.89. The van der Waals surface area contributed by atoms with Crippen molar-refractivity contribution < 1.29 is 8.42 Å². The highest BCUT2D eigenvalue weighted by Gasteiger charge is 2.23. The molecule has 0 bridgehead atoms. The zero-order valence-electron chi connectivity index (χ0n) is 10.8. The highest BCUT2D eigenvalue weighted by atomic mass is 32.2. The minimum Gasteiger partial charge on any atom is -0.389 e. The van der Waals surface area contributed by atoms with E-state index >= 15 is 0 Å². The lowest BCUT2D eigenvalue weighted by Crippen LogP contribution is -2.31. The second-order valence-electron chi connectivity index (χ2n) is 3.93. The Labute approximate surface area is 114 Å². The molecule has 0 fully saturated rings. The van der Waals surface area contributed by atoms with Crippen molar-refractivity contribution in [2.24, 2.45) is 5.73 Å². The van der Waals surface area contributed by atoms with Crippen LogP contribution in [0.4, 0.5) is 0 Å². The van der Waals surface area contributed by atoms with Crippen molar-refractivity contribution in [1.82, 2.24) is 4.31 Å². The molecule has 6 heteroatoms. The number of hydrogen-bond acceptors (Lipinski definition) is 3. The number of nitrogens with two attached hydrogens (primary N) is 1. The zero-order valence-corrected chi connectivity index (χ0v) is 12.4. The van der Waals surface area contributed by atoms with Gasteiger partial charge >= 0.3 is 0 Å². The van der Waals surface area contributed by atoms with Gasteiger partial charge in [0.25, 0.3) is 0 Å². The zero-order chi connectivity index (χ0) is 13.9. The normalized spacial score (nSPS) is 11.8. The fraction of sp³-hybridized carbons (Fsp3) is 0.417. The highest BCUT2D eigenvalue weighted by Crippen LogP contribution is 2.21. The lowest BCUT2D eigenvalue weighted by molar-refractivity contribution is 0.445. The maximum absolute atomic E-state index is 12.4. The van der Waals surface area contributed by atoms with E-state index < -0.39 is 10.0 Å². The van der Waals surface area contributed by atoms with Gasteiger partial charge < -0.3 is 5.73 Å². The van der Waals surface area contributed by atoms with Gasteiger partial charge in [0, 0.05) is 18.7 Å². The van der Waals surface area contributed by atoms with E-state index in [-0.39, 0.29) is 9.88 Å². The Morgan fingerprint density at radius 1 is 1.33 bits per heavy atom. The summed E-state index contributed by atoms with van der Waals surface area (Å²) in [5.41, 5.74) is 6.81. The van der Waals surface area contributed by atoms with Crippen LogP contribution in [0.5, 0.6) is 0 Å². The van der Waals surface area contributed by atoms with Crippen LogP contribution in [-0.4, -0.2) is 30.8 Å². The average Bonchev–Trinajstić information content (AvgIpc) is 2.30. The molecule has 4 nitrogen and oxygen atoms in total. The number of nitrogens with zero attached hydrogens (tertiary/aromatic N) is 1. The van der Waals surface area contributed by atoms with Crippen LogP contribution >= 0.6 is 12.2 Å². The summed E-state index contributed by atoms with van der Waals surface area (Å²) < 4.78 is 26.3. The Kier molecular flexibility index (Phi) is 4.84. The molecule has 0 aliphatic heterocycles. The van der Waals surface area contributed by atoms with Gasteiger partial charge in [-0.25, -0.2) is 8.42 Å². The quantitative estimate of drug-likeness (QED) is 0.836. The van der Waals surface area contributed by atoms with Crippen LogP contribution in [-0.2, 0) is 10.0 Å². The molecule has 0 unspecified atom stereocenters. The second-order valence-corrected chi connectivity index (χ2v) is 6.28. The smallest absolute Gasteiger partial charge is 0.243 e. The molecular formula is C12H18N2O2S2.